The molecule has 25 heavy (non-hydrogen) atoms. The van der Waals surface area contributed by atoms with Crippen LogP contribution in [0.15, 0.2) is 53.7 Å². The molecule has 0 aliphatic rings. The topological polar surface area (TPSA) is 70.7 Å². The monoisotopic (exact) mass is 352 g/mol. The van der Waals surface area contributed by atoms with Crippen LogP contribution in [-0.4, -0.2) is 26.8 Å². The van der Waals surface area contributed by atoms with Gasteiger partial charge in [0, 0.05) is 11.3 Å². The van der Waals surface area contributed by atoms with E-state index in [1.165, 1.54) is 17.3 Å². The van der Waals surface area contributed by atoms with Crippen molar-refractivity contribution < 1.29 is 4.79 Å². The molecule has 0 atom stereocenters. The van der Waals surface area contributed by atoms with Crippen LogP contribution in [0.2, 0.25) is 0 Å². The number of benzene rings is 2. The molecule has 0 fully saturated rings. The molecule has 2 aromatic carbocycles. The van der Waals surface area contributed by atoms with Crippen LogP contribution in [-0.2, 0) is 11.2 Å². The van der Waals surface area contributed by atoms with Crippen LogP contribution in [0.4, 0.5) is 5.69 Å². The molecule has 2 N–H and O–H groups in total. The Kier molecular flexibility index (Phi) is 5.50. The lowest BCUT2D eigenvalue weighted by molar-refractivity contribution is -0.113. The number of amides is 1. The number of hydrogen-bond acceptors (Lipinski definition) is 4. The van der Waals surface area contributed by atoms with Crippen molar-refractivity contribution in [2.24, 2.45) is 0 Å². The van der Waals surface area contributed by atoms with Crippen molar-refractivity contribution in [3.63, 3.8) is 0 Å². The van der Waals surface area contributed by atoms with Gasteiger partial charge in [-0.3, -0.25) is 9.89 Å². The van der Waals surface area contributed by atoms with Gasteiger partial charge in [-0.25, -0.2) is 4.98 Å². The maximum absolute atomic E-state index is 12.1. The number of nitrogens with zero attached hydrogens (tertiary/aromatic N) is 2. The Bertz CT molecular complexity index is 858. The van der Waals surface area contributed by atoms with E-state index in [1.54, 1.807) is 0 Å². The molecular weight excluding hydrogens is 332 g/mol. The van der Waals surface area contributed by atoms with E-state index in [4.69, 9.17) is 0 Å². The Hall–Kier alpha value is -2.60. The van der Waals surface area contributed by atoms with E-state index in [1.807, 2.05) is 55.5 Å². The third kappa shape index (κ3) is 4.48. The number of aromatic amines is 1. The van der Waals surface area contributed by atoms with Gasteiger partial charge in [0.15, 0.2) is 5.82 Å². The summed E-state index contributed by atoms with van der Waals surface area (Å²) in [5.41, 5.74) is 4.20. The van der Waals surface area contributed by atoms with Crippen LogP contribution in [0.25, 0.3) is 11.4 Å². The van der Waals surface area contributed by atoms with Gasteiger partial charge < -0.3 is 5.32 Å². The van der Waals surface area contributed by atoms with Crippen molar-refractivity contribution in [1.29, 1.82) is 0 Å². The minimum absolute atomic E-state index is 0.0727. The number of rotatable bonds is 6. The van der Waals surface area contributed by atoms with E-state index >= 15 is 0 Å². The molecule has 0 unspecified atom stereocenters. The Labute approximate surface area is 151 Å². The molecule has 5 nitrogen and oxygen atoms in total. The number of nitrogens with one attached hydrogen (secondary N) is 2. The fourth-order valence-electron chi connectivity index (χ4n) is 2.42. The second-order valence-corrected chi connectivity index (χ2v) is 6.61. The maximum atomic E-state index is 12.1. The van der Waals surface area contributed by atoms with Gasteiger partial charge in [-0.05, 0) is 36.6 Å². The Morgan fingerprint density at radius 3 is 2.64 bits per heavy atom. The van der Waals surface area contributed by atoms with E-state index in [0.717, 1.165) is 29.1 Å². The van der Waals surface area contributed by atoms with Gasteiger partial charge in [-0.1, -0.05) is 55.1 Å². The van der Waals surface area contributed by atoms with Crippen LogP contribution in [0.5, 0.6) is 0 Å². The summed E-state index contributed by atoms with van der Waals surface area (Å²) in [7, 11) is 0. The predicted molar refractivity (Wildman–Crippen MR) is 102 cm³/mol. The molecular formula is C19H20N4OS. The number of anilines is 1. The zero-order valence-electron chi connectivity index (χ0n) is 14.2. The van der Waals surface area contributed by atoms with Gasteiger partial charge in [0.1, 0.15) is 0 Å². The summed E-state index contributed by atoms with van der Waals surface area (Å²) in [5.74, 6) is 0.910. The van der Waals surface area contributed by atoms with E-state index in [9.17, 15) is 4.79 Å². The number of aromatic nitrogens is 3. The molecule has 0 spiro atoms. The SMILES string of the molecule is CCc1ccc(NC(=O)CSc2n[nH]c(-c3ccccc3C)n2)cc1. The lowest BCUT2D eigenvalue weighted by atomic mass is 10.1. The van der Waals surface area contributed by atoms with Gasteiger partial charge in [-0.2, -0.15) is 0 Å². The van der Waals surface area contributed by atoms with Crippen LogP contribution in [0.1, 0.15) is 18.1 Å². The van der Waals surface area contributed by atoms with Crippen LogP contribution < -0.4 is 5.32 Å². The zero-order valence-corrected chi connectivity index (χ0v) is 15.1. The Morgan fingerprint density at radius 1 is 1.16 bits per heavy atom. The van der Waals surface area contributed by atoms with Gasteiger partial charge in [0.25, 0.3) is 0 Å². The summed E-state index contributed by atoms with van der Waals surface area (Å²) in [6, 6.07) is 15.9. The largest absolute Gasteiger partial charge is 0.325 e. The lowest BCUT2D eigenvalue weighted by Crippen LogP contribution is -2.14. The average molecular weight is 352 g/mol. The van der Waals surface area contributed by atoms with Gasteiger partial charge in [-0.15, -0.1) is 5.10 Å². The van der Waals surface area contributed by atoms with E-state index in [-0.39, 0.29) is 11.7 Å². The minimum Gasteiger partial charge on any atom is -0.325 e. The van der Waals surface area contributed by atoms with Gasteiger partial charge in [0.2, 0.25) is 11.1 Å². The summed E-state index contributed by atoms with van der Waals surface area (Å²) < 4.78 is 0. The number of carbonyl (C=O) groups is 1. The second-order valence-electron chi connectivity index (χ2n) is 5.67. The standard InChI is InChI=1S/C19H20N4OS/c1-3-14-8-10-15(11-9-14)20-17(24)12-25-19-21-18(22-23-19)16-7-5-4-6-13(16)2/h4-11H,3,12H2,1-2H3,(H,20,24)(H,21,22,23). The number of thioether (sulfide) groups is 1. The van der Waals surface area contributed by atoms with Crippen molar-refractivity contribution in [1.82, 2.24) is 15.2 Å². The average Bonchev–Trinajstić information content (AvgIpc) is 3.10. The van der Waals surface area contributed by atoms with Crippen LogP contribution in [0, 0.1) is 6.92 Å². The molecule has 128 valence electrons. The zero-order chi connectivity index (χ0) is 17.6. The molecule has 1 amide bonds. The number of H-pyrrole nitrogens is 1. The molecule has 1 aromatic heterocycles. The van der Waals surface area contributed by atoms with Crippen LogP contribution >= 0.6 is 11.8 Å². The number of carbonyl (C=O) groups excluding carboxylic acids is 1. The summed E-state index contributed by atoms with van der Waals surface area (Å²) in [6.45, 7) is 4.13. The predicted octanol–water partition coefficient (Wildman–Crippen LogP) is 4.07. The highest BCUT2D eigenvalue weighted by molar-refractivity contribution is 7.99. The summed E-state index contributed by atoms with van der Waals surface area (Å²) in [4.78, 5) is 16.5. The minimum atomic E-state index is -0.0727. The van der Waals surface area contributed by atoms with Crippen molar-refractivity contribution in [2.75, 3.05) is 11.1 Å². The van der Waals surface area contributed by atoms with Crippen LogP contribution in [0.3, 0.4) is 0 Å². The van der Waals surface area contributed by atoms with Crippen molar-refractivity contribution >= 4 is 23.4 Å². The second kappa shape index (κ2) is 7.98. The number of aryl methyl sites for hydroxylation is 2. The summed E-state index contributed by atoms with van der Waals surface area (Å²) in [6.07, 6.45) is 0.984. The first kappa shape index (κ1) is 17.2. The molecule has 3 rings (SSSR count). The Morgan fingerprint density at radius 2 is 1.92 bits per heavy atom. The first-order valence-electron chi connectivity index (χ1n) is 8.15. The highest BCUT2D eigenvalue weighted by atomic mass is 32.2. The van der Waals surface area contributed by atoms with E-state index in [0.29, 0.717) is 5.16 Å². The van der Waals surface area contributed by atoms with Crippen molar-refractivity contribution in [3.05, 3.63) is 59.7 Å². The highest BCUT2D eigenvalue weighted by Gasteiger charge is 2.10. The number of hydrogen-bond donors (Lipinski definition) is 2. The van der Waals surface area contributed by atoms with E-state index < -0.39 is 0 Å². The lowest BCUT2D eigenvalue weighted by Gasteiger charge is -2.05. The van der Waals surface area contributed by atoms with Gasteiger partial charge >= 0.3 is 0 Å². The molecule has 0 saturated carbocycles. The molecule has 0 bridgehead atoms. The molecule has 0 radical (unpaired) electrons. The quantitative estimate of drug-likeness (QED) is 0.656. The molecule has 3 aromatic rings. The maximum Gasteiger partial charge on any atom is 0.234 e. The van der Waals surface area contributed by atoms with E-state index in [2.05, 4.69) is 27.4 Å². The third-order valence-corrected chi connectivity index (χ3v) is 4.69. The fraction of sp³-hybridized carbons (Fsp3) is 0.211. The molecule has 6 heteroatoms. The third-order valence-electron chi connectivity index (χ3n) is 3.84. The molecule has 0 aliphatic carbocycles. The fourth-order valence-corrected chi connectivity index (χ4v) is 3.02. The summed E-state index contributed by atoms with van der Waals surface area (Å²) >= 11 is 1.31. The normalized spacial score (nSPS) is 10.6. The summed E-state index contributed by atoms with van der Waals surface area (Å²) in [5, 5.41) is 10.6. The first-order chi connectivity index (χ1) is 12.2. The van der Waals surface area contributed by atoms with Crippen molar-refractivity contribution in [2.45, 2.75) is 25.4 Å². The van der Waals surface area contributed by atoms with Gasteiger partial charge in [0.05, 0.1) is 5.75 Å². The molecule has 0 aliphatic heterocycles. The smallest absolute Gasteiger partial charge is 0.234 e. The first-order valence-corrected chi connectivity index (χ1v) is 9.14. The Balaban J connectivity index is 1.56. The van der Waals surface area contributed by atoms with Crippen molar-refractivity contribution in [3.8, 4) is 11.4 Å². The molecule has 1 heterocycles. The highest BCUT2D eigenvalue weighted by Crippen LogP contribution is 2.22. The molecule has 0 saturated heterocycles.